The van der Waals surface area contributed by atoms with E-state index in [0.717, 1.165) is 61.6 Å². The Kier molecular flexibility index (Phi) is 10.4. The predicted molar refractivity (Wildman–Crippen MR) is 204 cm³/mol. The smallest absolute Gasteiger partial charge is 0.246 e. The van der Waals surface area contributed by atoms with E-state index < -0.39 is 17.9 Å². The lowest BCUT2D eigenvalue weighted by atomic mass is 9.87. The summed E-state index contributed by atoms with van der Waals surface area (Å²) in [7, 11) is -5.09. The summed E-state index contributed by atoms with van der Waals surface area (Å²) >= 11 is 0. The molecule has 0 spiro atoms. The number of hydrogen-bond donors (Lipinski definition) is 1. The molecule has 1 aromatic carbocycles. The third kappa shape index (κ3) is 6.93. The maximum absolute atomic E-state index is 12.2. The number of ether oxygens (including phenoxy) is 1. The topological polar surface area (TPSA) is 108 Å². The summed E-state index contributed by atoms with van der Waals surface area (Å²) < 4.78 is 31.3. The molecule has 1 amide bonds. The van der Waals surface area contributed by atoms with Gasteiger partial charge in [-0.1, -0.05) is 54.0 Å². The van der Waals surface area contributed by atoms with Crippen LogP contribution in [-0.4, -0.2) is 99.0 Å². The van der Waals surface area contributed by atoms with Crippen molar-refractivity contribution in [3.8, 4) is 17.2 Å². The number of aromatic nitrogens is 2. The minimum Gasteiger partial charge on any atom is -0.482 e. The van der Waals surface area contributed by atoms with Gasteiger partial charge in [-0.05, 0) is 79.2 Å². The lowest BCUT2D eigenvalue weighted by Crippen LogP contribution is -2.61. The molecule has 2 aromatic rings. The second-order valence-corrected chi connectivity index (χ2v) is 23.4. The van der Waals surface area contributed by atoms with Gasteiger partial charge in [0.25, 0.3) is 0 Å². The lowest BCUT2D eigenvalue weighted by molar-refractivity contribution is -0.133. The molecule has 5 heterocycles. The number of piperidine rings is 1. The van der Waals surface area contributed by atoms with Gasteiger partial charge in [0.15, 0.2) is 15.6 Å². The first-order valence-electron chi connectivity index (χ1n) is 18.3. The minimum atomic E-state index is -3.05. The fourth-order valence-corrected chi connectivity index (χ4v) is 15.2. The first-order chi connectivity index (χ1) is 23.7. The first kappa shape index (κ1) is 36.4. The number of amides is 1. The largest absolute Gasteiger partial charge is 0.482 e. The predicted octanol–water partition coefficient (Wildman–Crippen LogP) is 6.05. The van der Waals surface area contributed by atoms with Gasteiger partial charge in [0.2, 0.25) is 5.91 Å². The summed E-state index contributed by atoms with van der Waals surface area (Å²) in [5, 5.41) is 3.65. The van der Waals surface area contributed by atoms with E-state index in [1.165, 1.54) is 11.6 Å². The molecule has 12 heteroatoms. The first-order valence-corrected chi connectivity index (χ1v) is 22.4. The van der Waals surface area contributed by atoms with E-state index in [0.29, 0.717) is 53.3 Å². The van der Waals surface area contributed by atoms with Crippen molar-refractivity contribution in [3.63, 3.8) is 0 Å². The van der Waals surface area contributed by atoms with E-state index >= 15 is 0 Å². The average molecular weight is 719 g/mol. The lowest BCUT2D eigenvalue weighted by Gasteiger charge is -2.47. The van der Waals surface area contributed by atoms with Gasteiger partial charge in [-0.3, -0.25) is 9.69 Å². The summed E-state index contributed by atoms with van der Waals surface area (Å²) in [5.41, 5.74) is 9.29. The Balaban J connectivity index is 1.36. The van der Waals surface area contributed by atoms with Gasteiger partial charge in [0.1, 0.15) is 32.1 Å². The van der Waals surface area contributed by atoms with Gasteiger partial charge in [-0.25, -0.2) is 18.4 Å². The molecule has 1 aromatic heterocycles. The van der Waals surface area contributed by atoms with Crippen LogP contribution in [0.2, 0.25) is 16.6 Å². The van der Waals surface area contributed by atoms with E-state index in [9.17, 15) is 13.2 Å². The Morgan fingerprint density at radius 3 is 2.26 bits per heavy atom. The fraction of sp³-hybridized carbons (Fsp3) is 0.605. The number of sulfone groups is 1. The number of carbonyl (C=O) groups excluding carboxylic acids is 1. The van der Waals surface area contributed by atoms with E-state index in [1.54, 1.807) is 6.33 Å². The Labute approximate surface area is 300 Å². The normalized spacial score (nSPS) is 21.4. The summed E-state index contributed by atoms with van der Waals surface area (Å²) in [4.78, 5) is 27.8. The monoisotopic (exact) mass is 718 g/mol. The number of rotatable bonds is 7. The van der Waals surface area contributed by atoms with Crippen molar-refractivity contribution in [2.75, 3.05) is 61.0 Å². The number of anilines is 3. The van der Waals surface area contributed by atoms with Gasteiger partial charge in [-0.15, -0.1) is 5.54 Å². The second kappa shape index (κ2) is 14.3. The molecule has 1 N–H and O–H groups in total. The Morgan fingerprint density at radius 2 is 1.66 bits per heavy atom. The zero-order chi connectivity index (χ0) is 36.0. The van der Waals surface area contributed by atoms with Crippen LogP contribution in [0.5, 0.6) is 5.75 Å². The van der Waals surface area contributed by atoms with E-state index in [1.807, 2.05) is 16.7 Å². The highest BCUT2D eigenvalue weighted by Gasteiger charge is 2.42. The van der Waals surface area contributed by atoms with Crippen LogP contribution in [0.1, 0.15) is 90.0 Å². The van der Waals surface area contributed by atoms with Crippen molar-refractivity contribution >= 4 is 41.1 Å². The highest BCUT2D eigenvalue weighted by molar-refractivity contribution is 7.91. The van der Waals surface area contributed by atoms with Crippen LogP contribution >= 0.6 is 0 Å². The van der Waals surface area contributed by atoms with Crippen molar-refractivity contribution in [3.05, 3.63) is 47.8 Å². The molecule has 0 radical (unpaired) electrons. The molecular formula is C38H54N6O4SSi. The van der Waals surface area contributed by atoms with Gasteiger partial charge < -0.3 is 19.9 Å². The Morgan fingerprint density at radius 1 is 1.02 bits per heavy atom. The van der Waals surface area contributed by atoms with Crippen molar-refractivity contribution < 1.29 is 17.9 Å². The summed E-state index contributed by atoms with van der Waals surface area (Å²) in [6.45, 7) is 24.0. The van der Waals surface area contributed by atoms with Gasteiger partial charge in [0.05, 0.1) is 28.3 Å². The maximum Gasteiger partial charge on any atom is 0.246 e. The van der Waals surface area contributed by atoms with Crippen LogP contribution in [-0.2, 0) is 14.6 Å². The number of nitrogens with one attached hydrogen (secondary N) is 1. The molecule has 50 heavy (non-hydrogen) atoms. The van der Waals surface area contributed by atoms with Gasteiger partial charge >= 0.3 is 0 Å². The van der Waals surface area contributed by atoms with E-state index in [-0.39, 0.29) is 23.5 Å². The molecule has 1 atom stereocenters. The summed E-state index contributed by atoms with van der Waals surface area (Å²) in [6, 6.07) is 4.91. The molecule has 4 aliphatic rings. The Hall–Kier alpha value is -3.40. The second-order valence-electron chi connectivity index (χ2n) is 15.5. The number of nitrogens with zero attached hydrogens (tertiary/aromatic N) is 5. The standard InChI is InChI=1S/C38H54N6O4SSi/c1-9-34(45)44-22-32(23-44)42-13-10-29(11-14-42)31-20-30(12-19-50(25(2)3,26(4)5)27(6)7)36-33(21-31)41-37-35(28(8)48-36)38(40-24-39-37)43-15-17-49(46,47)18-16-43/h9,20-21,24-29,32H,1,10-11,13-18,22-23H2,2-8H3,(H,39,40,41). The molecule has 3 saturated heterocycles. The molecule has 270 valence electrons. The minimum absolute atomic E-state index is 0.0149. The van der Waals surface area contributed by atoms with Crippen LogP contribution in [0.25, 0.3) is 0 Å². The molecular weight excluding hydrogens is 665 g/mol. The van der Waals surface area contributed by atoms with Gasteiger partial charge in [0, 0.05) is 32.2 Å². The fourth-order valence-electron chi connectivity index (χ4n) is 8.80. The highest BCUT2D eigenvalue weighted by Crippen LogP contribution is 2.46. The number of hydrogen-bond acceptors (Lipinski definition) is 9. The number of carbonyl (C=O) groups is 1. The molecule has 0 aliphatic carbocycles. The van der Waals surface area contributed by atoms with E-state index in [2.05, 4.69) is 86.9 Å². The van der Waals surface area contributed by atoms with Crippen LogP contribution in [0, 0.1) is 11.5 Å². The highest BCUT2D eigenvalue weighted by atomic mass is 32.2. The number of likely N-dealkylation sites (tertiary alicyclic amines) is 2. The molecule has 0 saturated carbocycles. The average Bonchev–Trinajstić information content (AvgIpc) is 3.19. The van der Waals surface area contributed by atoms with Crippen molar-refractivity contribution in [1.82, 2.24) is 19.8 Å². The van der Waals surface area contributed by atoms with Crippen LogP contribution in [0.4, 0.5) is 17.3 Å². The molecule has 3 fully saturated rings. The summed E-state index contributed by atoms with van der Waals surface area (Å²) in [5.74, 6) is 6.47. The van der Waals surface area contributed by atoms with Crippen LogP contribution in [0.15, 0.2) is 31.1 Å². The number of benzene rings is 1. The molecule has 10 nitrogen and oxygen atoms in total. The van der Waals surface area contributed by atoms with Crippen LogP contribution < -0.4 is 15.0 Å². The van der Waals surface area contributed by atoms with Crippen molar-refractivity contribution in [1.29, 1.82) is 0 Å². The SMILES string of the molecule is C=CC(=O)N1CC(N2CCC(c3cc(C#C[Si](C(C)C)(C(C)C)C(C)C)c4c(c3)Nc3ncnc(N5CCS(=O)(=O)CC5)c3C(C)O4)CC2)C1. The summed E-state index contributed by atoms with van der Waals surface area (Å²) in [6.07, 6.45) is 4.62. The molecule has 0 bridgehead atoms. The zero-order valence-corrected chi connectivity index (χ0v) is 32.6. The molecule has 4 aliphatic heterocycles. The third-order valence-corrected chi connectivity index (χ3v) is 19.6. The van der Waals surface area contributed by atoms with Crippen molar-refractivity contribution in [2.24, 2.45) is 0 Å². The quantitative estimate of drug-likeness (QED) is 0.208. The Bertz CT molecular complexity index is 1750. The zero-order valence-electron chi connectivity index (χ0n) is 30.8. The molecule has 6 rings (SSSR count). The van der Waals surface area contributed by atoms with E-state index in [4.69, 9.17) is 9.72 Å². The third-order valence-electron chi connectivity index (χ3n) is 11.7. The van der Waals surface area contributed by atoms with Gasteiger partial charge in [-0.2, -0.15) is 0 Å². The van der Waals surface area contributed by atoms with Crippen molar-refractivity contribution in [2.45, 2.75) is 96.0 Å². The van der Waals surface area contributed by atoms with Crippen LogP contribution in [0.3, 0.4) is 0 Å². The molecule has 1 unspecified atom stereocenters. The maximum atomic E-state index is 12.2. The number of fused-ring (bicyclic) bond motifs is 2.